The number of aromatic nitrogens is 2. The molecule has 1 aromatic carbocycles. The number of ether oxygens (including phenoxy) is 2. The van der Waals surface area contributed by atoms with Gasteiger partial charge in [-0.05, 0) is 116 Å². The second-order valence-corrected chi connectivity index (χ2v) is 15.0. The third-order valence-electron chi connectivity index (χ3n) is 11.3. The molecule has 0 bridgehead atoms. The molecule has 3 aliphatic heterocycles. The molecular weight excluding hydrogens is 572 g/mol. The summed E-state index contributed by atoms with van der Waals surface area (Å²) in [5, 5.41) is 1.13. The Morgan fingerprint density at radius 2 is 1.52 bits per heavy atom. The Bertz CT molecular complexity index is 1220. The quantitative estimate of drug-likeness (QED) is 0.241. The zero-order valence-corrected chi connectivity index (χ0v) is 29.4. The van der Waals surface area contributed by atoms with Gasteiger partial charge in [-0.15, -0.1) is 0 Å². The Labute approximate surface area is 279 Å². The summed E-state index contributed by atoms with van der Waals surface area (Å²) < 4.78 is 12.3. The van der Waals surface area contributed by atoms with Crippen molar-refractivity contribution in [1.29, 1.82) is 0 Å². The molecule has 8 nitrogen and oxygen atoms in total. The van der Waals surface area contributed by atoms with Crippen LogP contribution in [0.25, 0.3) is 10.9 Å². The van der Waals surface area contributed by atoms with Crippen molar-refractivity contribution >= 4 is 16.9 Å². The maximum absolute atomic E-state index is 6.40. The van der Waals surface area contributed by atoms with Gasteiger partial charge in [-0.1, -0.05) is 25.7 Å². The highest BCUT2D eigenvalue weighted by Crippen LogP contribution is 2.36. The van der Waals surface area contributed by atoms with Crippen LogP contribution in [0.1, 0.15) is 96.6 Å². The number of hydrogen-bond donors (Lipinski definition) is 0. The number of nitrogens with zero attached hydrogens (tertiary/aromatic N) is 6. The highest BCUT2D eigenvalue weighted by atomic mass is 16.5. The number of rotatable bonds is 12. The first kappa shape index (κ1) is 33.7. The zero-order chi connectivity index (χ0) is 31.7. The second-order valence-electron chi connectivity index (χ2n) is 15.0. The molecule has 256 valence electrons. The number of anilines is 1. The maximum atomic E-state index is 6.40. The smallest absolute Gasteiger partial charge is 0.226 e. The van der Waals surface area contributed by atoms with E-state index in [9.17, 15) is 0 Å². The molecule has 6 rings (SSSR count). The van der Waals surface area contributed by atoms with Crippen LogP contribution in [0.15, 0.2) is 12.1 Å². The molecule has 1 aliphatic carbocycles. The van der Waals surface area contributed by atoms with Crippen LogP contribution in [0.5, 0.6) is 11.5 Å². The average molecular weight is 635 g/mol. The molecule has 4 heterocycles. The number of likely N-dealkylation sites (tertiary alicyclic amines) is 2. The van der Waals surface area contributed by atoms with Crippen LogP contribution in [-0.4, -0.2) is 110 Å². The molecule has 4 aliphatic rings. The first-order chi connectivity index (χ1) is 22.6. The van der Waals surface area contributed by atoms with Crippen molar-refractivity contribution < 1.29 is 9.47 Å². The van der Waals surface area contributed by atoms with Gasteiger partial charge in [0.15, 0.2) is 11.5 Å². The molecule has 8 heteroatoms. The number of methoxy groups -OCH3 is 1. The first-order valence-electron chi connectivity index (χ1n) is 19.0. The third kappa shape index (κ3) is 9.04. The van der Waals surface area contributed by atoms with E-state index in [4.69, 9.17) is 19.4 Å². The standard InChI is InChI=1S/C38H62N6O2/c1-30(2)43-19-10-20-44(24-23-43)38-39-34(26-31-14-21-42(22-15-31)29-32-12-6-4-7-13-32)33-27-36(45-3)37(28-35(33)40-38)46-25-11-18-41-16-8-5-9-17-41/h27-28,30-32H,4-26,29H2,1-3H3. The summed E-state index contributed by atoms with van der Waals surface area (Å²) >= 11 is 0. The molecule has 3 saturated heterocycles. The van der Waals surface area contributed by atoms with Crippen molar-refractivity contribution in [3.05, 3.63) is 17.8 Å². The first-order valence-corrected chi connectivity index (χ1v) is 19.0. The normalized spacial score (nSPS) is 22.0. The second kappa shape index (κ2) is 16.8. The summed E-state index contributed by atoms with van der Waals surface area (Å²) in [6.45, 7) is 16.8. The predicted octanol–water partition coefficient (Wildman–Crippen LogP) is 6.65. The third-order valence-corrected chi connectivity index (χ3v) is 11.3. The zero-order valence-electron chi connectivity index (χ0n) is 29.4. The summed E-state index contributed by atoms with van der Waals surface area (Å²) in [4.78, 5) is 20.9. The van der Waals surface area contributed by atoms with Crippen LogP contribution in [0.4, 0.5) is 5.95 Å². The molecular formula is C38H62N6O2. The lowest BCUT2D eigenvalue weighted by atomic mass is 9.87. The Morgan fingerprint density at radius 1 is 0.739 bits per heavy atom. The van der Waals surface area contributed by atoms with E-state index in [0.717, 1.165) is 86.3 Å². The number of benzene rings is 1. The van der Waals surface area contributed by atoms with Crippen molar-refractivity contribution in [3.63, 3.8) is 0 Å². The number of fused-ring (bicyclic) bond motifs is 1. The van der Waals surface area contributed by atoms with Gasteiger partial charge < -0.3 is 24.2 Å². The van der Waals surface area contributed by atoms with E-state index in [1.165, 1.54) is 103 Å². The molecule has 0 unspecified atom stereocenters. The summed E-state index contributed by atoms with van der Waals surface area (Å²) in [6, 6.07) is 4.86. The highest BCUT2D eigenvalue weighted by Gasteiger charge is 2.26. The summed E-state index contributed by atoms with van der Waals surface area (Å²) in [5.41, 5.74) is 2.18. The maximum Gasteiger partial charge on any atom is 0.226 e. The van der Waals surface area contributed by atoms with Crippen LogP contribution in [-0.2, 0) is 6.42 Å². The van der Waals surface area contributed by atoms with Crippen molar-refractivity contribution in [1.82, 2.24) is 24.7 Å². The minimum atomic E-state index is 0.569. The van der Waals surface area contributed by atoms with E-state index in [0.29, 0.717) is 18.6 Å². The van der Waals surface area contributed by atoms with E-state index in [-0.39, 0.29) is 0 Å². The van der Waals surface area contributed by atoms with Gasteiger partial charge in [0.05, 0.1) is 24.9 Å². The molecule has 0 radical (unpaired) electrons. The Morgan fingerprint density at radius 3 is 2.28 bits per heavy atom. The van der Waals surface area contributed by atoms with Crippen LogP contribution >= 0.6 is 0 Å². The van der Waals surface area contributed by atoms with Crippen molar-refractivity contribution in [2.45, 2.75) is 103 Å². The lowest BCUT2D eigenvalue weighted by molar-refractivity contribution is 0.145. The minimum Gasteiger partial charge on any atom is -0.493 e. The average Bonchev–Trinajstić information content (AvgIpc) is 3.35. The topological polar surface area (TPSA) is 57.2 Å². The van der Waals surface area contributed by atoms with Gasteiger partial charge in [0, 0.05) is 56.8 Å². The van der Waals surface area contributed by atoms with Gasteiger partial charge in [0.2, 0.25) is 5.95 Å². The predicted molar refractivity (Wildman–Crippen MR) is 189 cm³/mol. The molecule has 46 heavy (non-hydrogen) atoms. The lowest BCUT2D eigenvalue weighted by Gasteiger charge is -2.35. The Hall–Kier alpha value is -2.16. The SMILES string of the molecule is COc1cc2c(CC3CCN(CC4CCCCC4)CC3)nc(N3CCCN(C(C)C)CC3)nc2cc1OCCCN1CCCCC1. The van der Waals surface area contributed by atoms with E-state index >= 15 is 0 Å². The number of piperidine rings is 2. The fourth-order valence-electron chi connectivity index (χ4n) is 8.44. The van der Waals surface area contributed by atoms with Crippen LogP contribution in [0.3, 0.4) is 0 Å². The van der Waals surface area contributed by atoms with E-state index in [1.54, 1.807) is 7.11 Å². The van der Waals surface area contributed by atoms with Crippen molar-refractivity contribution in [2.24, 2.45) is 11.8 Å². The van der Waals surface area contributed by atoms with Gasteiger partial charge in [0.25, 0.3) is 0 Å². The molecule has 0 spiro atoms. The number of hydrogen-bond acceptors (Lipinski definition) is 8. The van der Waals surface area contributed by atoms with E-state index in [1.807, 2.05) is 0 Å². The largest absolute Gasteiger partial charge is 0.493 e. The van der Waals surface area contributed by atoms with E-state index in [2.05, 4.69) is 45.6 Å². The van der Waals surface area contributed by atoms with Crippen LogP contribution in [0, 0.1) is 11.8 Å². The molecule has 1 aromatic heterocycles. The fraction of sp³-hybridized carbons (Fsp3) is 0.789. The van der Waals surface area contributed by atoms with Crippen LogP contribution < -0.4 is 14.4 Å². The molecule has 0 atom stereocenters. The van der Waals surface area contributed by atoms with Gasteiger partial charge in [0.1, 0.15) is 0 Å². The monoisotopic (exact) mass is 634 g/mol. The Kier molecular flexibility index (Phi) is 12.3. The molecule has 4 fully saturated rings. The summed E-state index contributed by atoms with van der Waals surface area (Å²) in [6.07, 6.45) is 16.9. The van der Waals surface area contributed by atoms with Gasteiger partial charge in [-0.25, -0.2) is 9.97 Å². The fourth-order valence-corrected chi connectivity index (χ4v) is 8.44. The van der Waals surface area contributed by atoms with Gasteiger partial charge >= 0.3 is 0 Å². The highest BCUT2D eigenvalue weighted by molar-refractivity contribution is 5.86. The lowest BCUT2D eigenvalue weighted by Crippen LogP contribution is -2.38. The molecule has 0 N–H and O–H groups in total. The Balaban J connectivity index is 1.18. The van der Waals surface area contributed by atoms with Crippen molar-refractivity contribution in [3.8, 4) is 11.5 Å². The molecule has 1 saturated carbocycles. The molecule has 0 amide bonds. The molecule has 2 aromatic rings. The van der Waals surface area contributed by atoms with Gasteiger partial charge in [-0.3, -0.25) is 4.90 Å². The van der Waals surface area contributed by atoms with E-state index < -0.39 is 0 Å². The minimum absolute atomic E-state index is 0.569. The van der Waals surface area contributed by atoms with Gasteiger partial charge in [-0.2, -0.15) is 0 Å². The summed E-state index contributed by atoms with van der Waals surface area (Å²) in [5.74, 6) is 4.08. The summed E-state index contributed by atoms with van der Waals surface area (Å²) in [7, 11) is 1.76. The van der Waals surface area contributed by atoms with Crippen molar-refractivity contribution in [2.75, 3.05) is 84.1 Å². The van der Waals surface area contributed by atoms with Crippen LogP contribution in [0.2, 0.25) is 0 Å².